The van der Waals surface area contributed by atoms with Crippen molar-refractivity contribution >= 4 is 11.6 Å². The number of benzene rings is 1. The van der Waals surface area contributed by atoms with Crippen molar-refractivity contribution in [3.63, 3.8) is 0 Å². The third-order valence-electron chi connectivity index (χ3n) is 3.33. The van der Waals surface area contributed by atoms with E-state index in [1.54, 1.807) is 26.5 Å². The number of pyridine rings is 1. The Kier molecular flexibility index (Phi) is 4.99. The summed E-state index contributed by atoms with van der Waals surface area (Å²) in [6.07, 6.45) is 1.88. The maximum absolute atomic E-state index is 12.2. The molecule has 116 valence electrons. The van der Waals surface area contributed by atoms with Crippen LogP contribution in [-0.2, 0) is 11.2 Å². The molecule has 2 aromatic rings. The summed E-state index contributed by atoms with van der Waals surface area (Å²) in [6.45, 7) is 3.81. The predicted octanol–water partition coefficient (Wildman–Crippen LogP) is 2.90. The molecule has 0 spiro atoms. The molecule has 1 heterocycles. The number of hydrogen-bond donors (Lipinski definition) is 1. The highest BCUT2D eigenvalue weighted by Gasteiger charge is 2.12. The lowest BCUT2D eigenvalue weighted by Crippen LogP contribution is -2.15. The molecule has 5 nitrogen and oxygen atoms in total. The molecular formula is C17H20N2O3. The molecule has 0 radical (unpaired) electrons. The van der Waals surface area contributed by atoms with Crippen molar-refractivity contribution in [1.82, 2.24) is 4.98 Å². The van der Waals surface area contributed by atoms with Crippen LogP contribution in [0.25, 0.3) is 0 Å². The van der Waals surface area contributed by atoms with Gasteiger partial charge in [-0.3, -0.25) is 9.78 Å². The van der Waals surface area contributed by atoms with Crippen LogP contribution in [0.15, 0.2) is 30.5 Å². The SMILES string of the molecule is COc1cc(CC(=O)Nc2ccnc(C)c2)c(OC)cc1C. The molecule has 0 saturated heterocycles. The van der Waals surface area contributed by atoms with E-state index in [2.05, 4.69) is 10.3 Å². The van der Waals surface area contributed by atoms with Crippen molar-refractivity contribution in [1.29, 1.82) is 0 Å². The summed E-state index contributed by atoms with van der Waals surface area (Å²) in [4.78, 5) is 16.3. The number of carbonyl (C=O) groups is 1. The summed E-state index contributed by atoms with van der Waals surface area (Å²) in [5.74, 6) is 1.30. The summed E-state index contributed by atoms with van der Waals surface area (Å²) in [5.41, 5.74) is 3.34. The van der Waals surface area contributed by atoms with Crippen LogP contribution >= 0.6 is 0 Å². The highest BCUT2D eigenvalue weighted by atomic mass is 16.5. The second-order valence-electron chi connectivity index (χ2n) is 5.04. The van der Waals surface area contributed by atoms with Crippen molar-refractivity contribution in [3.05, 3.63) is 47.3 Å². The number of carbonyl (C=O) groups excluding carboxylic acids is 1. The van der Waals surface area contributed by atoms with Gasteiger partial charge in [-0.05, 0) is 43.7 Å². The Morgan fingerprint density at radius 1 is 1.14 bits per heavy atom. The molecule has 1 aromatic carbocycles. The van der Waals surface area contributed by atoms with Gasteiger partial charge in [-0.15, -0.1) is 0 Å². The lowest BCUT2D eigenvalue weighted by atomic mass is 10.1. The molecule has 0 bridgehead atoms. The van der Waals surface area contributed by atoms with Crippen molar-refractivity contribution in [2.45, 2.75) is 20.3 Å². The Hall–Kier alpha value is -2.56. The molecule has 0 aliphatic heterocycles. The average Bonchev–Trinajstić information content (AvgIpc) is 2.48. The molecule has 0 aliphatic rings. The quantitative estimate of drug-likeness (QED) is 0.922. The summed E-state index contributed by atoms with van der Waals surface area (Å²) in [6, 6.07) is 7.30. The van der Waals surface area contributed by atoms with Crippen LogP contribution in [0.3, 0.4) is 0 Å². The zero-order valence-corrected chi connectivity index (χ0v) is 13.3. The van der Waals surface area contributed by atoms with Crippen LogP contribution in [0.5, 0.6) is 11.5 Å². The fourth-order valence-electron chi connectivity index (χ4n) is 2.25. The molecule has 0 saturated carbocycles. The van der Waals surface area contributed by atoms with Crippen LogP contribution in [0.2, 0.25) is 0 Å². The van der Waals surface area contributed by atoms with E-state index >= 15 is 0 Å². The van der Waals surface area contributed by atoms with Gasteiger partial charge in [0.25, 0.3) is 0 Å². The fraction of sp³-hybridized carbons (Fsp3) is 0.294. The van der Waals surface area contributed by atoms with Crippen molar-refractivity contribution in [3.8, 4) is 11.5 Å². The number of nitrogens with one attached hydrogen (secondary N) is 1. The summed E-state index contributed by atoms with van der Waals surface area (Å²) in [7, 11) is 3.20. The number of methoxy groups -OCH3 is 2. The van der Waals surface area contributed by atoms with Crippen LogP contribution in [-0.4, -0.2) is 25.1 Å². The number of aromatic nitrogens is 1. The first-order valence-electron chi connectivity index (χ1n) is 6.97. The van der Waals surface area contributed by atoms with E-state index in [-0.39, 0.29) is 12.3 Å². The van der Waals surface area contributed by atoms with Gasteiger partial charge in [0.15, 0.2) is 0 Å². The van der Waals surface area contributed by atoms with Gasteiger partial charge < -0.3 is 14.8 Å². The minimum absolute atomic E-state index is 0.116. The van der Waals surface area contributed by atoms with Crippen LogP contribution in [0.1, 0.15) is 16.8 Å². The van der Waals surface area contributed by atoms with E-state index in [0.717, 1.165) is 28.3 Å². The first kappa shape index (κ1) is 15.8. The number of ether oxygens (including phenoxy) is 2. The predicted molar refractivity (Wildman–Crippen MR) is 85.6 cm³/mol. The molecule has 0 unspecified atom stereocenters. The minimum atomic E-state index is -0.116. The number of hydrogen-bond acceptors (Lipinski definition) is 4. The number of anilines is 1. The fourth-order valence-corrected chi connectivity index (χ4v) is 2.25. The van der Waals surface area contributed by atoms with Crippen molar-refractivity contribution in [2.24, 2.45) is 0 Å². The first-order chi connectivity index (χ1) is 10.5. The Morgan fingerprint density at radius 2 is 1.86 bits per heavy atom. The molecule has 0 atom stereocenters. The highest BCUT2D eigenvalue weighted by molar-refractivity contribution is 5.92. The highest BCUT2D eigenvalue weighted by Crippen LogP contribution is 2.28. The second-order valence-corrected chi connectivity index (χ2v) is 5.04. The normalized spacial score (nSPS) is 10.2. The molecule has 2 rings (SSSR count). The van der Waals surface area contributed by atoms with Crippen molar-refractivity contribution in [2.75, 3.05) is 19.5 Å². The van der Waals surface area contributed by atoms with Gasteiger partial charge in [-0.25, -0.2) is 0 Å². The Bertz CT molecular complexity index is 684. The maximum Gasteiger partial charge on any atom is 0.228 e. The van der Waals surface area contributed by atoms with Gasteiger partial charge in [0.1, 0.15) is 11.5 Å². The third-order valence-corrected chi connectivity index (χ3v) is 3.33. The van der Waals surface area contributed by atoms with Gasteiger partial charge in [0, 0.05) is 23.1 Å². The van der Waals surface area contributed by atoms with E-state index in [0.29, 0.717) is 5.75 Å². The minimum Gasteiger partial charge on any atom is -0.496 e. The van der Waals surface area contributed by atoms with Crippen molar-refractivity contribution < 1.29 is 14.3 Å². The molecule has 0 fully saturated rings. The summed E-state index contributed by atoms with van der Waals surface area (Å²) >= 11 is 0. The zero-order valence-electron chi connectivity index (χ0n) is 13.3. The second kappa shape index (κ2) is 6.93. The Balaban J connectivity index is 2.17. The molecular weight excluding hydrogens is 280 g/mol. The van der Waals surface area contributed by atoms with E-state index in [1.807, 2.05) is 32.0 Å². The summed E-state index contributed by atoms with van der Waals surface area (Å²) < 4.78 is 10.7. The smallest absolute Gasteiger partial charge is 0.228 e. The standard InChI is InChI=1S/C17H20N2O3/c1-11-7-16(22-4)13(9-15(11)21-3)10-17(20)19-14-5-6-18-12(2)8-14/h5-9H,10H2,1-4H3,(H,18,19,20). The van der Waals surface area contributed by atoms with Crippen LogP contribution < -0.4 is 14.8 Å². The molecule has 5 heteroatoms. The molecule has 1 N–H and O–H groups in total. The maximum atomic E-state index is 12.2. The first-order valence-corrected chi connectivity index (χ1v) is 6.97. The van der Waals surface area contributed by atoms with Gasteiger partial charge in [-0.1, -0.05) is 0 Å². The van der Waals surface area contributed by atoms with Gasteiger partial charge in [0.2, 0.25) is 5.91 Å². The third kappa shape index (κ3) is 3.75. The van der Waals surface area contributed by atoms with E-state index in [4.69, 9.17) is 9.47 Å². The topological polar surface area (TPSA) is 60.5 Å². The number of aryl methyl sites for hydroxylation is 2. The lowest BCUT2D eigenvalue weighted by molar-refractivity contribution is -0.115. The Morgan fingerprint density at radius 3 is 2.50 bits per heavy atom. The van der Waals surface area contributed by atoms with Crippen LogP contribution in [0.4, 0.5) is 5.69 Å². The van der Waals surface area contributed by atoms with Gasteiger partial charge >= 0.3 is 0 Å². The van der Waals surface area contributed by atoms with E-state index in [1.165, 1.54) is 0 Å². The monoisotopic (exact) mass is 300 g/mol. The number of nitrogens with zero attached hydrogens (tertiary/aromatic N) is 1. The molecule has 22 heavy (non-hydrogen) atoms. The number of amides is 1. The van der Waals surface area contributed by atoms with E-state index < -0.39 is 0 Å². The number of rotatable bonds is 5. The molecule has 0 aliphatic carbocycles. The largest absolute Gasteiger partial charge is 0.496 e. The van der Waals surface area contributed by atoms with Gasteiger partial charge in [-0.2, -0.15) is 0 Å². The lowest BCUT2D eigenvalue weighted by Gasteiger charge is -2.13. The van der Waals surface area contributed by atoms with Crippen LogP contribution in [0, 0.1) is 13.8 Å². The van der Waals surface area contributed by atoms with Gasteiger partial charge in [0.05, 0.1) is 20.6 Å². The summed E-state index contributed by atoms with van der Waals surface area (Å²) in [5, 5.41) is 2.86. The molecule has 1 amide bonds. The molecule has 1 aromatic heterocycles. The Labute approximate surface area is 130 Å². The zero-order chi connectivity index (χ0) is 16.1. The van der Waals surface area contributed by atoms with E-state index in [9.17, 15) is 4.79 Å². The average molecular weight is 300 g/mol.